The summed E-state index contributed by atoms with van der Waals surface area (Å²) in [5.74, 6) is -0.941. The second kappa shape index (κ2) is 9.43. The van der Waals surface area contributed by atoms with Crippen LogP contribution in [-0.2, 0) is 33.9 Å². The molecule has 1 saturated heterocycles. The van der Waals surface area contributed by atoms with E-state index in [4.69, 9.17) is 10.00 Å². The first-order chi connectivity index (χ1) is 15.6. The van der Waals surface area contributed by atoms with Gasteiger partial charge in [-0.05, 0) is 24.1 Å². The van der Waals surface area contributed by atoms with Gasteiger partial charge < -0.3 is 9.64 Å². The largest absolute Gasteiger partial charge is 0.457 e. The lowest BCUT2D eigenvalue weighted by Gasteiger charge is -2.16. The van der Waals surface area contributed by atoms with Crippen molar-refractivity contribution in [2.45, 2.75) is 26.0 Å². The Labute approximate surface area is 184 Å². The van der Waals surface area contributed by atoms with E-state index in [1.807, 2.05) is 36.4 Å². The Hall–Kier alpha value is -3.99. The third-order valence-electron chi connectivity index (χ3n) is 5.57. The molecule has 2 heterocycles. The van der Waals surface area contributed by atoms with Crippen LogP contribution in [0, 0.1) is 17.2 Å². The van der Waals surface area contributed by atoms with Crippen LogP contribution in [0.1, 0.15) is 17.8 Å². The van der Waals surface area contributed by atoms with Crippen LogP contribution < -0.4 is 5.56 Å². The Kier molecular flexibility index (Phi) is 6.26. The minimum Gasteiger partial charge on any atom is -0.457 e. The first-order valence-electron chi connectivity index (χ1n) is 10.4. The van der Waals surface area contributed by atoms with Gasteiger partial charge in [-0.15, -0.1) is 0 Å². The van der Waals surface area contributed by atoms with Crippen LogP contribution >= 0.6 is 0 Å². The maximum atomic E-state index is 12.7. The number of carbonyl (C=O) groups is 2. The lowest BCUT2D eigenvalue weighted by atomic mass is 10.1. The van der Waals surface area contributed by atoms with Crippen molar-refractivity contribution in [3.63, 3.8) is 0 Å². The average molecular weight is 430 g/mol. The number of carbonyl (C=O) groups excluding carboxylic acids is 2. The van der Waals surface area contributed by atoms with Gasteiger partial charge in [-0.3, -0.25) is 19.0 Å². The molecule has 0 saturated carbocycles. The van der Waals surface area contributed by atoms with Gasteiger partial charge in [0.1, 0.15) is 13.2 Å². The number of rotatable bonds is 7. The zero-order valence-corrected chi connectivity index (χ0v) is 17.4. The number of likely N-dealkylation sites (tertiary alicyclic amines) is 1. The van der Waals surface area contributed by atoms with Crippen molar-refractivity contribution in [3.05, 3.63) is 76.3 Å². The summed E-state index contributed by atoms with van der Waals surface area (Å²) < 4.78 is 6.62. The Morgan fingerprint density at radius 2 is 1.88 bits per heavy atom. The predicted molar refractivity (Wildman–Crippen MR) is 116 cm³/mol. The molecule has 1 aromatic heterocycles. The van der Waals surface area contributed by atoms with Crippen LogP contribution in [0.15, 0.2) is 59.4 Å². The fraction of sp³-hybridized carbons (Fsp3) is 0.292. The molecule has 0 aliphatic carbocycles. The highest BCUT2D eigenvalue weighted by Gasteiger charge is 2.35. The second-order valence-corrected chi connectivity index (χ2v) is 7.68. The molecule has 0 N–H and O–H groups in total. The lowest BCUT2D eigenvalue weighted by Crippen LogP contribution is -2.29. The van der Waals surface area contributed by atoms with Gasteiger partial charge in [-0.25, -0.2) is 4.98 Å². The molecule has 0 radical (unpaired) electrons. The summed E-state index contributed by atoms with van der Waals surface area (Å²) in [5.41, 5.74) is 1.25. The SMILES string of the molecule is N#CCn1c(COC(=O)C2CC(=O)N(CCc3ccccc3)C2)nc2ccccc2c1=O. The topological polar surface area (TPSA) is 105 Å². The number of nitrogens with zero attached hydrogens (tertiary/aromatic N) is 4. The van der Waals surface area contributed by atoms with Crippen LogP contribution in [-0.4, -0.2) is 39.4 Å². The molecule has 4 rings (SSSR count). The molecule has 2 aromatic carbocycles. The number of amides is 1. The number of para-hydroxylation sites is 1. The summed E-state index contributed by atoms with van der Waals surface area (Å²) >= 11 is 0. The van der Waals surface area contributed by atoms with E-state index in [1.54, 1.807) is 29.2 Å². The number of esters is 1. The van der Waals surface area contributed by atoms with Gasteiger partial charge in [0.25, 0.3) is 5.56 Å². The van der Waals surface area contributed by atoms with E-state index in [2.05, 4.69) is 4.98 Å². The third-order valence-corrected chi connectivity index (χ3v) is 5.57. The quantitative estimate of drug-likeness (QED) is 0.531. The zero-order chi connectivity index (χ0) is 22.5. The van der Waals surface area contributed by atoms with Crippen molar-refractivity contribution in [3.8, 4) is 6.07 Å². The monoisotopic (exact) mass is 430 g/mol. The van der Waals surface area contributed by atoms with Gasteiger partial charge in [0.2, 0.25) is 5.91 Å². The Bertz CT molecular complexity index is 1250. The molecule has 1 aliphatic heterocycles. The molecule has 1 unspecified atom stereocenters. The highest BCUT2D eigenvalue weighted by molar-refractivity contribution is 5.86. The number of ether oxygens (including phenoxy) is 1. The van der Waals surface area contributed by atoms with Gasteiger partial charge in [-0.1, -0.05) is 42.5 Å². The average Bonchev–Trinajstić information content (AvgIpc) is 3.19. The van der Waals surface area contributed by atoms with Gasteiger partial charge in [0, 0.05) is 19.5 Å². The van der Waals surface area contributed by atoms with E-state index in [-0.39, 0.29) is 36.9 Å². The first kappa shape index (κ1) is 21.2. The molecule has 162 valence electrons. The van der Waals surface area contributed by atoms with Gasteiger partial charge >= 0.3 is 5.97 Å². The highest BCUT2D eigenvalue weighted by Crippen LogP contribution is 2.20. The minimum absolute atomic E-state index is 0.0758. The van der Waals surface area contributed by atoms with Gasteiger partial charge in [0.15, 0.2) is 5.82 Å². The molecule has 32 heavy (non-hydrogen) atoms. The summed E-state index contributed by atoms with van der Waals surface area (Å²) in [6, 6.07) is 18.6. The molecule has 1 fully saturated rings. The number of fused-ring (bicyclic) bond motifs is 1. The van der Waals surface area contributed by atoms with Crippen molar-refractivity contribution in [1.82, 2.24) is 14.5 Å². The summed E-state index contributed by atoms with van der Waals surface area (Å²) in [6.45, 7) is 0.412. The van der Waals surface area contributed by atoms with Crippen molar-refractivity contribution in [2.24, 2.45) is 5.92 Å². The number of aromatic nitrogens is 2. The number of nitriles is 1. The van der Waals surface area contributed by atoms with E-state index >= 15 is 0 Å². The van der Waals surface area contributed by atoms with E-state index in [0.717, 1.165) is 12.0 Å². The smallest absolute Gasteiger partial charge is 0.311 e. The van der Waals surface area contributed by atoms with E-state index in [0.29, 0.717) is 24.0 Å². The van der Waals surface area contributed by atoms with E-state index in [9.17, 15) is 14.4 Å². The molecule has 3 aromatic rings. The van der Waals surface area contributed by atoms with Gasteiger partial charge in [-0.2, -0.15) is 5.26 Å². The second-order valence-electron chi connectivity index (χ2n) is 7.68. The van der Waals surface area contributed by atoms with Crippen molar-refractivity contribution in [1.29, 1.82) is 5.26 Å². The van der Waals surface area contributed by atoms with E-state index < -0.39 is 11.9 Å². The molecule has 8 nitrogen and oxygen atoms in total. The van der Waals surface area contributed by atoms with Crippen molar-refractivity contribution < 1.29 is 14.3 Å². The fourth-order valence-electron chi connectivity index (χ4n) is 3.87. The summed E-state index contributed by atoms with van der Waals surface area (Å²) in [5, 5.41) is 9.49. The van der Waals surface area contributed by atoms with Crippen molar-refractivity contribution >= 4 is 22.8 Å². The molecule has 1 atom stereocenters. The van der Waals surface area contributed by atoms with E-state index in [1.165, 1.54) is 4.57 Å². The van der Waals surface area contributed by atoms with Crippen LogP contribution in [0.25, 0.3) is 10.9 Å². The third kappa shape index (κ3) is 4.52. The number of hydrogen-bond acceptors (Lipinski definition) is 6. The van der Waals surface area contributed by atoms with Gasteiger partial charge in [0.05, 0.1) is 22.9 Å². The maximum absolute atomic E-state index is 12.7. The number of benzene rings is 2. The maximum Gasteiger partial charge on any atom is 0.311 e. The van der Waals surface area contributed by atoms with Crippen LogP contribution in [0.4, 0.5) is 0 Å². The van der Waals surface area contributed by atoms with Crippen molar-refractivity contribution in [2.75, 3.05) is 13.1 Å². The Balaban J connectivity index is 1.41. The Morgan fingerprint density at radius 1 is 1.12 bits per heavy atom. The molecular formula is C24H22N4O4. The summed E-state index contributed by atoms with van der Waals surface area (Å²) in [4.78, 5) is 43.7. The molecule has 0 bridgehead atoms. The lowest BCUT2D eigenvalue weighted by molar-refractivity contribution is -0.150. The zero-order valence-electron chi connectivity index (χ0n) is 17.4. The Morgan fingerprint density at radius 3 is 2.66 bits per heavy atom. The highest BCUT2D eigenvalue weighted by atomic mass is 16.5. The molecular weight excluding hydrogens is 408 g/mol. The minimum atomic E-state index is -0.560. The van der Waals surface area contributed by atoms with Crippen LogP contribution in [0.2, 0.25) is 0 Å². The van der Waals surface area contributed by atoms with Crippen LogP contribution in [0.5, 0.6) is 0 Å². The normalized spacial score (nSPS) is 15.7. The predicted octanol–water partition coefficient (Wildman–Crippen LogP) is 2.05. The first-order valence-corrected chi connectivity index (χ1v) is 10.4. The molecule has 8 heteroatoms. The number of hydrogen-bond donors (Lipinski definition) is 0. The molecule has 1 aliphatic rings. The molecule has 0 spiro atoms. The fourth-order valence-corrected chi connectivity index (χ4v) is 3.87. The van der Waals surface area contributed by atoms with Crippen LogP contribution in [0.3, 0.4) is 0 Å². The molecule has 1 amide bonds. The summed E-state index contributed by atoms with van der Waals surface area (Å²) in [6.07, 6.45) is 0.819. The standard InChI is InChI=1S/C24H22N4O4/c25-11-13-28-21(26-20-9-5-4-8-19(20)23(28)30)16-32-24(31)18-14-22(29)27(15-18)12-10-17-6-2-1-3-7-17/h1-9,18H,10,12-16H2. The summed E-state index contributed by atoms with van der Waals surface area (Å²) in [7, 11) is 0.